The molecule has 0 radical (unpaired) electrons. The first-order valence-electron chi connectivity index (χ1n) is 5.48. The van der Waals surface area contributed by atoms with Crippen molar-refractivity contribution in [3.8, 4) is 0 Å². The monoisotopic (exact) mass is 261 g/mol. The number of methoxy groups -OCH3 is 1. The topological polar surface area (TPSA) is 38.3 Å². The zero-order chi connectivity index (χ0) is 13.5. The van der Waals surface area contributed by atoms with Crippen molar-refractivity contribution < 1.29 is 22.7 Å². The first kappa shape index (κ1) is 14.5. The Morgan fingerprint density at radius 1 is 1.22 bits per heavy atom. The molecule has 0 saturated heterocycles. The van der Waals surface area contributed by atoms with Crippen molar-refractivity contribution in [3.63, 3.8) is 0 Å². The van der Waals surface area contributed by atoms with Gasteiger partial charge in [0.1, 0.15) is 0 Å². The van der Waals surface area contributed by atoms with E-state index < -0.39 is 28.9 Å². The van der Waals surface area contributed by atoms with Crippen LogP contribution in [-0.2, 0) is 4.74 Å². The fraction of sp³-hybridized carbons (Fsp3) is 0.417. The van der Waals surface area contributed by atoms with Crippen LogP contribution >= 0.6 is 0 Å². The molecule has 18 heavy (non-hydrogen) atoms. The van der Waals surface area contributed by atoms with Gasteiger partial charge in [-0.15, -0.1) is 0 Å². The molecule has 1 aromatic carbocycles. The quantitative estimate of drug-likeness (QED) is 0.630. The molecule has 1 N–H and O–H groups in total. The lowest BCUT2D eigenvalue weighted by atomic mass is 10.2. The molecular weight excluding hydrogens is 247 g/mol. The number of hydrogen-bond acceptors (Lipinski definition) is 2. The molecule has 1 aromatic rings. The van der Waals surface area contributed by atoms with Gasteiger partial charge in [0.05, 0.1) is 5.56 Å². The normalized spacial score (nSPS) is 10.4. The van der Waals surface area contributed by atoms with Crippen molar-refractivity contribution in [1.29, 1.82) is 0 Å². The molecule has 0 aliphatic heterocycles. The average Bonchev–Trinajstić information content (AvgIpc) is 2.35. The number of ether oxygens (including phenoxy) is 1. The average molecular weight is 261 g/mol. The highest BCUT2D eigenvalue weighted by molar-refractivity contribution is 5.94. The Morgan fingerprint density at radius 2 is 1.94 bits per heavy atom. The van der Waals surface area contributed by atoms with E-state index in [1.807, 2.05) is 0 Å². The molecule has 3 nitrogen and oxygen atoms in total. The van der Waals surface area contributed by atoms with Crippen molar-refractivity contribution >= 4 is 5.91 Å². The van der Waals surface area contributed by atoms with E-state index in [1.54, 1.807) is 7.11 Å². The van der Waals surface area contributed by atoms with E-state index in [-0.39, 0.29) is 0 Å². The molecule has 0 fully saturated rings. The highest BCUT2D eigenvalue weighted by Crippen LogP contribution is 2.14. The maximum absolute atomic E-state index is 13.2. The number of halogens is 3. The smallest absolute Gasteiger partial charge is 0.254 e. The number of unbranched alkanes of at least 4 members (excludes halogenated alkanes) is 1. The summed E-state index contributed by atoms with van der Waals surface area (Å²) in [5, 5.41) is 2.42. The van der Waals surface area contributed by atoms with Crippen molar-refractivity contribution in [2.45, 2.75) is 12.8 Å². The number of amides is 1. The van der Waals surface area contributed by atoms with Gasteiger partial charge in [0, 0.05) is 20.3 Å². The predicted molar refractivity (Wildman–Crippen MR) is 59.8 cm³/mol. The van der Waals surface area contributed by atoms with Crippen LogP contribution in [0.15, 0.2) is 12.1 Å². The summed E-state index contributed by atoms with van der Waals surface area (Å²) in [5.41, 5.74) is -0.499. The second kappa shape index (κ2) is 7.00. The van der Waals surface area contributed by atoms with Crippen LogP contribution in [0.1, 0.15) is 23.2 Å². The van der Waals surface area contributed by atoms with E-state index in [0.717, 1.165) is 18.6 Å². The van der Waals surface area contributed by atoms with Crippen LogP contribution in [0, 0.1) is 17.5 Å². The van der Waals surface area contributed by atoms with E-state index >= 15 is 0 Å². The third-order valence-electron chi connectivity index (χ3n) is 2.34. The molecule has 6 heteroatoms. The second-order valence-corrected chi connectivity index (χ2v) is 3.68. The Labute approximate surface area is 103 Å². The molecule has 0 atom stereocenters. The van der Waals surface area contributed by atoms with Gasteiger partial charge >= 0.3 is 0 Å². The fourth-order valence-corrected chi connectivity index (χ4v) is 1.37. The maximum atomic E-state index is 13.2. The minimum atomic E-state index is -1.64. The van der Waals surface area contributed by atoms with E-state index in [9.17, 15) is 18.0 Å². The molecule has 0 spiro atoms. The van der Waals surface area contributed by atoms with Crippen molar-refractivity contribution in [3.05, 3.63) is 35.1 Å². The predicted octanol–water partition coefficient (Wildman–Crippen LogP) is 2.26. The van der Waals surface area contributed by atoms with Crippen LogP contribution in [0.5, 0.6) is 0 Å². The molecule has 0 bridgehead atoms. The molecule has 0 aliphatic carbocycles. The lowest BCUT2D eigenvalue weighted by Gasteiger charge is -2.06. The summed E-state index contributed by atoms with van der Waals surface area (Å²) in [7, 11) is 1.56. The fourth-order valence-electron chi connectivity index (χ4n) is 1.37. The van der Waals surface area contributed by atoms with E-state index in [4.69, 9.17) is 4.74 Å². The van der Waals surface area contributed by atoms with Gasteiger partial charge in [0.25, 0.3) is 5.91 Å². The second-order valence-electron chi connectivity index (χ2n) is 3.68. The largest absolute Gasteiger partial charge is 0.385 e. The molecule has 1 rings (SSSR count). The zero-order valence-electron chi connectivity index (χ0n) is 9.93. The molecule has 100 valence electrons. The van der Waals surface area contributed by atoms with Gasteiger partial charge in [-0.25, -0.2) is 13.2 Å². The van der Waals surface area contributed by atoms with Gasteiger partial charge < -0.3 is 10.1 Å². The van der Waals surface area contributed by atoms with Crippen molar-refractivity contribution in [1.82, 2.24) is 5.32 Å². The SMILES string of the molecule is COCCCCNC(=O)c1ccc(F)c(F)c1F. The van der Waals surface area contributed by atoms with Crippen LogP contribution in [0.2, 0.25) is 0 Å². The van der Waals surface area contributed by atoms with E-state index in [0.29, 0.717) is 19.6 Å². The molecule has 0 aromatic heterocycles. The summed E-state index contributed by atoms with van der Waals surface area (Å²) in [6, 6.07) is 1.64. The molecule has 1 amide bonds. The third-order valence-corrected chi connectivity index (χ3v) is 2.34. The number of carbonyl (C=O) groups is 1. The van der Waals surface area contributed by atoms with Crippen LogP contribution in [0.4, 0.5) is 13.2 Å². The van der Waals surface area contributed by atoms with Crippen LogP contribution in [0.3, 0.4) is 0 Å². The van der Waals surface area contributed by atoms with E-state index in [1.165, 1.54) is 0 Å². The molecule has 0 unspecified atom stereocenters. The molecular formula is C12H14F3NO2. The summed E-state index contributed by atoms with van der Waals surface area (Å²) < 4.78 is 43.6. The molecule has 0 aliphatic rings. The van der Waals surface area contributed by atoms with Gasteiger partial charge in [0.2, 0.25) is 0 Å². The number of carbonyl (C=O) groups excluding carboxylic acids is 1. The number of rotatable bonds is 6. The maximum Gasteiger partial charge on any atom is 0.254 e. The van der Waals surface area contributed by atoms with Crippen molar-refractivity contribution in [2.24, 2.45) is 0 Å². The van der Waals surface area contributed by atoms with Gasteiger partial charge in [-0.3, -0.25) is 4.79 Å². The molecule has 0 heterocycles. The summed E-state index contributed by atoms with van der Waals surface area (Å²) in [6.07, 6.45) is 1.40. The lowest BCUT2D eigenvalue weighted by Crippen LogP contribution is -2.26. The summed E-state index contributed by atoms with van der Waals surface area (Å²) >= 11 is 0. The summed E-state index contributed by atoms with van der Waals surface area (Å²) in [5.74, 6) is -5.18. The number of nitrogens with one attached hydrogen (secondary N) is 1. The van der Waals surface area contributed by atoms with Gasteiger partial charge in [-0.1, -0.05) is 0 Å². The lowest BCUT2D eigenvalue weighted by molar-refractivity contribution is 0.0946. The van der Waals surface area contributed by atoms with Gasteiger partial charge in [0.15, 0.2) is 17.5 Å². The number of hydrogen-bond donors (Lipinski definition) is 1. The first-order valence-corrected chi connectivity index (χ1v) is 5.48. The minimum Gasteiger partial charge on any atom is -0.385 e. The third kappa shape index (κ3) is 3.73. The Kier molecular flexibility index (Phi) is 5.64. The van der Waals surface area contributed by atoms with Gasteiger partial charge in [-0.2, -0.15) is 0 Å². The Morgan fingerprint density at radius 3 is 2.61 bits per heavy atom. The van der Waals surface area contributed by atoms with Gasteiger partial charge in [-0.05, 0) is 25.0 Å². The Balaban J connectivity index is 2.54. The highest BCUT2D eigenvalue weighted by atomic mass is 19.2. The summed E-state index contributed by atoms with van der Waals surface area (Å²) in [4.78, 5) is 11.5. The van der Waals surface area contributed by atoms with Crippen molar-refractivity contribution in [2.75, 3.05) is 20.3 Å². The highest BCUT2D eigenvalue weighted by Gasteiger charge is 2.18. The van der Waals surface area contributed by atoms with Crippen LogP contribution in [-0.4, -0.2) is 26.2 Å². The van der Waals surface area contributed by atoms with Crippen LogP contribution < -0.4 is 5.32 Å². The molecule has 0 saturated carbocycles. The Hall–Kier alpha value is -1.56. The zero-order valence-corrected chi connectivity index (χ0v) is 9.93. The standard InChI is InChI=1S/C12H14F3NO2/c1-18-7-3-2-6-16-12(17)8-4-5-9(13)11(15)10(8)14/h4-5H,2-3,6-7H2,1H3,(H,16,17). The van der Waals surface area contributed by atoms with Crippen LogP contribution in [0.25, 0.3) is 0 Å². The minimum absolute atomic E-state index is 0.320. The summed E-state index contributed by atoms with van der Waals surface area (Å²) in [6.45, 7) is 0.885. The first-order chi connectivity index (χ1) is 8.57. The van der Waals surface area contributed by atoms with E-state index in [2.05, 4.69) is 5.32 Å². The Bertz CT molecular complexity index is 424. The number of benzene rings is 1.